The van der Waals surface area contributed by atoms with Crippen molar-refractivity contribution < 1.29 is 9.90 Å². The van der Waals surface area contributed by atoms with Crippen LogP contribution in [-0.2, 0) is 13.0 Å². The molecule has 0 saturated heterocycles. The SMILES string of the molecule is CCN(Cc1ccccn1)C(=O)NCCc1cccc(O)c1. The van der Waals surface area contributed by atoms with Crippen molar-refractivity contribution in [2.75, 3.05) is 13.1 Å². The fourth-order valence-corrected chi connectivity index (χ4v) is 2.15. The minimum absolute atomic E-state index is 0.103. The number of aromatic nitrogens is 1. The lowest BCUT2D eigenvalue weighted by atomic mass is 10.1. The Bertz CT molecular complexity index is 602. The number of phenolic OH excluding ortho intramolecular Hbond substituents is 1. The smallest absolute Gasteiger partial charge is 0.317 e. The summed E-state index contributed by atoms with van der Waals surface area (Å²) >= 11 is 0. The van der Waals surface area contributed by atoms with E-state index in [-0.39, 0.29) is 11.8 Å². The molecule has 0 atom stereocenters. The Morgan fingerprint density at radius 1 is 1.27 bits per heavy atom. The lowest BCUT2D eigenvalue weighted by Crippen LogP contribution is -2.40. The van der Waals surface area contributed by atoms with Crippen LogP contribution in [0.1, 0.15) is 18.2 Å². The molecular weight excluding hydrogens is 278 g/mol. The fourth-order valence-electron chi connectivity index (χ4n) is 2.15. The third-order valence-electron chi connectivity index (χ3n) is 3.35. The van der Waals surface area contributed by atoms with E-state index in [1.54, 1.807) is 29.3 Å². The highest BCUT2D eigenvalue weighted by atomic mass is 16.3. The summed E-state index contributed by atoms with van der Waals surface area (Å²) in [5, 5.41) is 12.3. The van der Waals surface area contributed by atoms with Crippen molar-refractivity contribution in [2.45, 2.75) is 19.9 Å². The number of nitrogens with one attached hydrogen (secondary N) is 1. The van der Waals surface area contributed by atoms with E-state index in [1.165, 1.54) is 0 Å². The van der Waals surface area contributed by atoms with Gasteiger partial charge in [-0.15, -0.1) is 0 Å². The number of pyridine rings is 1. The van der Waals surface area contributed by atoms with Crippen molar-refractivity contribution in [3.63, 3.8) is 0 Å². The minimum Gasteiger partial charge on any atom is -0.508 e. The quantitative estimate of drug-likeness (QED) is 0.861. The second-order valence-electron chi connectivity index (χ2n) is 4.99. The van der Waals surface area contributed by atoms with Crippen LogP contribution in [0, 0.1) is 0 Å². The molecule has 1 aromatic carbocycles. The predicted molar refractivity (Wildman–Crippen MR) is 85.5 cm³/mol. The maximum Gasteiger partial charge on any atom is 0.317 e. The second-order valence-corrected chi connectivity index (χ2v) is 4.99. The van der Waals surface area contributed by atoms with Crippen LogP contribution in [0.3, 0.4) is 0 Å². The van der Waals surface area contributed by atoms with Crippen LogP contribution in [0.4, 0.5) is 4.79 Å². The van der Waals surface area contributed by atoms with E-state index >= 15 is 0 Å². The average Bonchev–Trinajstić information content (AvgIpc) is 2.53. The van der Waals surface area contributed by atoms with E-state index < -0.39 is 0 Å². The molecule has 2 aromatic rings. The Labute approximate surface area is 130 Å². The lowest BCUT2D eigenvalue weighted by molar-refractivity contribution is 0.197. The van der Waals surface area contributed by atoms with Crippen LogP contribution in [-0.4, -0.2) is 34.1 Å². The van der Waals surface area contributed by atoms with Gasteiger partial charge in [0.25, 0.3) is 0 Å². The first kappa shape index (κ1) is 15.8. The first-order chi connectivity index (χ1) is 10.7. The Hall–Kier alpha value is -2.56. The second kappa shape index (κ2) is 8.02. The molecule has 5 heteroatoms. The summed E-state index contributed by atoms with van der Waals surface area (Å²) in [5.41, 5.74) is 1.86. The highest BCUT2D eigenvalue weighted by Gasteiger charge is 2.11. The zero-order valence-electron chi connectivity index (χ0n) is 12.7. The molecule has 5 nitrogen and oxygen atoms in total. The predicted octanol–water partition coefficient (Wildman–Crippen LogP) is 2.56. The molecule has 0 unspecified atom stereocenters. The minimum atomic E-state index is -0.103. The molecule has 1 heterocycles. The van der Waals surface area contributed by atoms with Gasteiger partial charge in [-0.2, -0.15) is 0 Å². The van der Waals surface area contributed by atoms with E-state index in [0.717, 1.165) is 11.3 Å². The van der Waals surface area contributed by atoms with Gasteiger partial charge in [0, 0.05) is 19.3 Å². The maximum absolute atomic E-state index is 12.2. The van der Waals surface area contributed by atoms with Gasteiger partial charge in [0.05, 0.1) is 12.2 Å². The van der Waals surface area contributed by atoms with Crippen molar-refractivity contribution in [3.8, 4) is 5.75 Å². The molecule has 0 fully saturated rings. The normalized spacial score (nSPS) is 10.2. The molecule has 0 spiro atoms. The van der Waals surface area contributed by atoms with E-state index in [9.17, 15) is 9.90 Å². The van der Waals surface area contributed by atoms with Gasteiger partial charge in [0.15, 0.2) is 0 Å². The molecule has 2 rings (SSSR count). The highest BCUT2D eigenvalue weighted by Crippen LogP contribution is 2.10. The van der Waals surface area contributed by atoms with Crippen molar-refractivity contribution in [2.24, 2.45) is 0 Å². The zero-order chi connectivity index (χ0) is 15.8. The number of hydrogen-bond donors (Lipinski definition) is 2. The largest absolute Gasteiger partial charge is 0.508 e. The summed E-state index contributed by atoms with van der Waals surface area (Å²) in [6.07, 6.45) is 2.41. The van der Waals surface area contributed by atoms with E-state index in [1.807, 2.05) is 31.2 Å². The monoisotopic (exact) mass is 299 g/mol. The van der Waals surface area contributed by atoms with E-state index in [0.29, 0.717) is 26.1 Å². The number of rotatable bonds is 6. The van der Waals surface area contributed by atoms with Crippen molar-refractivity contribution in [1.29, 1.82) is 0 Å². The molecule has 0 aliphatic heterocycles. The molecule has 2 N–H and O–H groups in total. The maximum atomic E-state index is 12.2. The van der Waals surface area contributed by atoms with Crippen LogP contribution in [0.5, 0.6) is 5.75 Å². The van der Waals surface area contributed by atoms with Gasteiger partial charge in [-0.05, 0) is 43.2 Å². The van der Waals surface area contributed by atoms with Crippen LogP contribution in [0.2, 0.25) is 0 Å². The first-order valence-corrected chi connectivity index (χ1v) is 7.39. The molecule has 2 amide bonds. The van der Waals surface area contributed by atoms with Gasteiger partial charge in [0.1, 0.15) is 5.75 Å². The van der Waals surface area contributed by atoms with Gasteiger partial charge in [-0.3, -0.25) is 4.98 Å². The van der Waals surface area contributed by atoms with Crippen LogP contribution < -0.4 is 5.32 Å². The highest BCUT2D eigenvalue weighted by molar-refractivity contribution is 5.74. The number of amides is 2. The van der Waals surface area contributed by atoms with Gasteiger partial charge in [-0.25, -0.2) is 4.79 Å². The number of nitrogens with zero attached hydrogens (tertiary/aromatic N) is 2. The third-order valence-corrected chi connectivity index (χ3v) is 3.35. The van der Waals surface area contributed by atoms with E-state index in [4.69, 9.17) is 0 Å². The molecule has 116 valence electrons. The molecule has 0 aliphatic rings. The molecular formula is C17H21N3O2. The molecule has 0 saturated carbocycles. The number of carbonyl (C=O) groups excluding carboxylic acids is 1. The summed E-state index contributed by atoms with van der Waals surface area (Å²) in [4.78, 5) is 18.1. The summed E-state index contributed by atoms with van der Waals surface area (Å²) in [6, 6.07) is 12.6. The molecule has 1 aromatic heterocycles. The standard InChI is InChI=1S/C17H21N3O2/c1-2-20(13-15-7-3-4-10-18-15)17(22)19-11-9-14-6-5-8-16(21)12-14/h3-8,10,12,21H,2,9,11,13H2,1H3,(H,19,22). The van der Waals surface area contributed by atoms with Crippen LogP contribution in [0.25, 0.3) is 0 Å². The summed E-state index contributed by atoms with van der Waals surface area (Å²) in [6.45, 7) is 3.59. The topological polar surface area (TPSA) is 65.5 Å². The number of urea groups is 1. The Morgan fingerprint density at radius 2 is 2.14 bits per heavy atom. The van der Waals surface area contributed by atoms with Gasteiger partial charge in [0.2, 0.25) is 0 Å². The summed E-state index contributed by atoms with van der Waals surface area (Å²) in [5.74, 6) is 0.245. The van der Waals surface area contributed by atoms with Crippen molar-refractivity contribution >= 4 is 6.03 Å². The molecule has 22 heavy (non-hydrogen) atoms. The molecule has 0 bridgehead atoms. The van der Waals surface area contributed by atoms with Crippen LogP contribution in [0.15, 0.2) is 48.7 Å². The number of carbonyl (C=O) groups is 1. The number of benzene rings is 1. The molecule has 0 aliphatic carbocycles. The zero-order valence-corrected chi connectivity index (χ0v) is 12.7. The fraction of sp³-hybridized carbons (Fsp3) is 0.294. The Balaban J connectivity index is 1.82. The van der Waals surface area contributed by atoms with Gasteiger partial charge < -0.3 is 15.3 Å². The summed E-state index contributed by atoms with van der Waals surface area (Å²) in [7, 11) is 0. The lowest BCUT2D eigenvalue weighted by Gasteiger charge is -2.21. The van der Waals surface area contributed by atoms with Gasteiger partial charge in [-0.1, -0.05) is 18.2 Å². The van der Waals surface area contributed by atoms with Crippen molar-refractivity contribution in [1.82, 2.24) is 15.2 Å². The number of aromatic hydroxyl groups is 1. The van der Waals surface area contributed by atoms with E-state index in [2.05, 4.69) is 10.3 Å². The van der Waals surface area contributed by atoms with Crippen molar-refractivity contribution in [3.05, 3.63) is 59.9 Å². The Kier molecular flexibility index (Phi) is 5.77. The van der Waals surface area contributed by atoms with Gasteiger partial charge >= 0.3 is 6.03 Å². The first-order valence-electron chi connectivity index (χ1n) is 7.39. The number of hydrogen-bond acceptors (Lipinski definition) is 3. The molecule has 0 radical (unpaired) electrons. The Morgan fingerprint density at radius 3 is 2.82 bits per heavy atom. The third kappa shape index (κ3) is 4.77. The summed E-state index contributed by atoms with van der Waals surface area (Å²) < 4.78 is 0. The average molecular weight is 299 g/mol. The van der Waals surface area contributed by atoms with Crippen LogP contribution >= 0.6 is 0 Å². The number of phenols is 1.